The van der Waals surface area contributed by atoms with Gasteiger partial charge in [0.2, 0.25) is 0 Å². The third-order valence-electron chi connectivity index (χ3n) is 2.54. The first-order chi connectivity index (χ1) is 4.22. The zero-order valence-electron chi connectivity index (χ0n) is 7.44. The molecule has 56 valence electrons. The van der Waals surface area contributed by atoms with Gasteiger partial charge in [-0.2, -0.15) is 0 Å². The van der Waals surface area contributed by atoms with Crippen LogP contribution in [0.2, 0.25) is 0 Å². The molecule has 1 rings (SSSR count). The van der Waals surface area contributed by atoms with E-state index in [4.69, 9.17) is 0 Å². The van der Waals surface area contributed by atoms with Crippen LogP contribution in [0.1, 0.15) is 41.0 Å². The summed E-state index contributed by atoms with van der Waals surface area (Å²) in [5, 5.41) is 0. The van der Waals surface area contributed by atoms with Crippen molar-refractivity contribution < 1.29 is 0 Å². The number of hydrogen-bond donors (Lipinski definition) is 0. The van der Waals surface area contributed by atoms with E-state index in [-0.39, 0.29) is 0 Å². The molecular formula is C9H20. The van der Waals surface area contributed by atoms with Crippen LogP contribution in [0, 0.1) is 17.8 Å². The third kappa shape index (κ3) is 2.00. The lowest BCUT2D eigenvalue weighted by atomic mass is 9.68. The molecule has 0 aromatic heterocycles. The summed E-state index contributed by atoms with van der Waals surface area (Å²) in [4.78, 5) is 0. The monoisotopic (exact) mass is 128 g/mol. The minimum atomic E-state index is 1.000. The molecule has 1 aliphatic carbocycles. The van der Waals surface area contributed by atoms with Gasteiger partial charge in [-0.25, -0.2) is 0 Å². The molecule has 0 aromatic carbocycles. The smallest absolute Gasteiger partial charge is 0.0391 e. The molecule has 1 fully saturated rings. The highest BCUT2D eigenvalue weighted by Crippen LogP contribution is 2.38. The summed E-state index contributed by atoms with van der Waals surface area (Å²) in [5.74, 6) is 3.02. The predicted octanol–water partition coefficient (Wildman–Crippen LogP) is 3.32. The summed E-state index contributed by atoms with van der Waals surface area (Å²) in [5.41, 5.74) is 0. The van der Waals surface area contributed by atoms with Gasteiger partial charge in [0.15, 0.2) is 0 Å². The zero-order chi connectivity index (χ0) is 7.44. The maximum Gasteiger partial charge on any atom is -0.0391 e. The molecule has 0 radical (unpaired) electrons. The van der Waals surface area contributed by atoms with E-state index in [1.54, 1.807) is 0 Å². The molecule has 0 heteroatoms. The van der Waals surface area contributed by atoms with Crippen molar-refractivity contribution in [2.75, 3.05) is 0 Å². The zero-order valence-corrected chi connectivity index (χ0v) is 7.44. The Bertz CT molecular complexity index is 58.4. The Balaban J connectivity index is 0.000000291. The van der Waals surface area contributed by atoms with Crippen molar-refractivity contribution >= 4 is 0 Å². The maximum absolute atomic E-state index is 2.35. The standard InChI is InChI=1S/C7H14.C2H6/c1-5-4-6(2)7(5)3;1-2/h5-7H,4H2,1-3H3;1-2H3. The van der Waals surface area contributed by atoms with Crippen molar-refractivity contribution in [2.45, 2.75) is 41.0 Å². The highest BCUT2D eigenvalue weighted by Gasteiger charge is 2.29. The third-order valence-corrected chi connectivity index (χ3v) is 2.54. The van der Waals surface area contributed by atoms with Crippen molar-refractivity contribution in [3.8, 4) is 0 Å². The Morgan fingerprint density at radius 3 is 1.22 bits per heavy atom. The van der Waals surface area contributed by atoms with Gasteiger partial charge in [0, 0.05) is 0 Å². The Hall–Kier alpha value is 0. The summed E-state index contributed by atoms with van der Waals surface area (Å²) >= 11 is 0. The van der Waals surface area contributed by atoms with Crippen LogP contribution in [0.3, 0.4) is 0 Å². The lowest BCUT2D eigenvalue weighted by Crippen LogP contribution is -2.29. The SMILES string of the molecule is CC.CC1CC(C)C1C. The number of rotatable bonds is 0. The Morgan fingerprint density at radius 1 is 0.889 bits per heavy atom. The Labute approximate surface area is 59.7 Å². The molecule has 0 aromatic rings. The Kier molecular flexibility index (Phi) is 3.92. The molecule has 0 nitrogen and oxygen atoms in total. The van der Waals surface area contributed by atoms with Gasteiger partial charge in [0.1, 0.15) is 0 Å². The molecule has 0 spiro atoms. The molecule has 1 saturated carbocycles. The molecule has 2 unspecified atom stereocenters. The topological polar surface area (TPSA) is 0 Å². The molecule has 0 saturated heterocycles. The molecule has 0 bridgehead atoms. The van der Waals surface area contributed by atoms with Gasteiger partial charge in [-0.1, -0.05) is 34.6 Å². The van der Waals surface area contributed by atoms with Crippen molar-refractivity contribution in [1.82, 2.24) is 0 Å². The van der Waals surface area contributed by atoms with Crippen LogP contribution in [-0.4, -0.2) is 0 Å². The van der Waals surface area contributed by atoms with E-state index in [1.165, 1.54) is 6.42 Å². The molecule has 9 heavy (non-hydrogen) atoms. The molecule has 1 aliphatic rings. The Morgan fingerprint density at radius 2 is 1.22 bits per heavy atom. The lowest BCUT2D eigenvalue weighted by Gasteiger charge is -2.38. The van der Waals surface area contributed by atoms with E-state index in [0.29, 0.717) is 0 Å². The van der Waals surface area contributed by atoms with E-state index >= 15 is 0 Å². The van der Waals surface area contributed by atoms with Crippen molar-refractivity contribution in [3.63, 3.8) is 0 Å². The van der Waals surface area contributed by atoms with Crippen LogP contribution in [0.4, 0.5) is 0 Å². The largest absolute Gasteiger partial charge is 0.0683 e. The quantitative estimate of drug-likeness (QED) is 0.469. The first-order valence-corrected chi connectivity index (χ1v) is 4.22. The summed E-state index contributed by atoms with van der Waals surface area (Å²) < 4.78 is 0. The predicted molar refractivity (Wildman–Crippen MR) is 43.5 cm³/mol. The van der Waals surface area contributed by atoms with Gasteiger partial charge in [0.25, 0.3) is 0 Å². The van der Waals surface area contributed by atoms with Gasteiger partial charge >= 0.3 is 0 Å². The van der Waals surface area contributed by atoms with E-state index in [9.17, 15) is 0 Å². The maximum atomic E-state index is 2.35. The van der Waals surface area contributed by atoms with Gasteiger partial charge < -0.3 is 0 Å². The first kappa shape index (κ1) is 9.00. The second-order valence-corrected chi connectivity index (χ2v) is 3.05. The van der Waals surface area contributed by atoms with E-state index in [0.717, 1.165) is 17.8 Å². The van der Waals surface area contributed by atoms with Crippen molar-refractivity contribution in [1.29, 1.82) is 0 Å². The van der Waals surface area contributed by atoms with Gasteiger partial charge in [-0.3, -0.25) is 0 Å². The molecule has 0 heterocycles. The highest BCUT2D eigenvalue weighted by molar-refractivity contribution is 4.79. The molecule has 0 amide bonds. The average molecular weight is 128 g/mol. The molecule has 0 aliphatic heterocycles. The van der Waals surface area contributed by atoms with E-state index in [2.05, 4.69) is 20.8 Å². The van der Waals surface area contributed by atoms with Crippen molar-refractivity contribution in [2.24, 2.45) is 17.8 Å². The number of hydrogen-bond acceptors (Lipinski definition) is 0. The lowest BCUT2D eigenvalue weighted by molar-refractivity contribution is 0.120. The molecule has 2 atom stereocenters. The van der Waals surface area contributed by atoms with Crippen LogP contribution in [-0.2, 0) is 0 Å². The summed E-state index contributed by atoms with van der Waals surface area (Å²) in [7, 11) is 0. The second-order valence-electron chi connectivity index (χ2n) is 3.05. The summed E-state index contributed by atoms with van der Waals surface area (Å²) in [6.07, 6.45) is 1.46. The average Bonchev–Trinajstić information content (AvgIpc) is 1.93. The summed E-state index contributed by atoms with van der Waals surface area (Å²) in [6.45, 7) is 11.0. The fourth-order valence-corrected chi connectivity index (χ4v) is 1.38. The van der Waals surface area contributed by atoms with Gasteiger partial charge in [0.05, 0.1) is 0 Å². The fourth-order valence-electron chi connectivity index (χ4n) is 1.38. The van der Waals surface area contributed by atoms with E-state index < -0.39 is 0 Å². The van der Waals surface area contributed by atoms with Gasteiger partial charge in [-0.15, -0.1) is 0 Å². The first-order valence-electron chi connectivity index (χ1n) is 4.22. The van der Waals surface area contributed by atoms with Crippen LogP contribution >= 0.6 is 0 Å². The minimum Gasteiger partial charge on any atom is -0.0683 e. The highest BCUT2D eigenvalue weighted by atomic mass is 14.3. The fraction of sp³-hybridized carbons (Fsp3) is 1.00. The van der Waals surface area contributed by atoms with Gasteiger partial charge in [-0.05, 0) is 24.2 Å². The van der Waals surface area contributed by atoms with Crippen LogP contribution in [0.25, 0.3) is 0 Å². The van der Waals surface area contributed by atoms with Crippen LogP contribution in [0.15, 0.2) is 0 Å². The second kappa shape index (κ2) is 3.92. The minimum absolute atomic E-state index is 1.000. The van der Waals surface area contributed by atoms with Crippen LogP contribution in [0.5, 0.6) is 0 Å². The van der Waals surface area contributed by atoms with E-state index in [1.807, 2.05) is 13.8 Å². The molecule has 0 N–H and O–H groups in total. The molecular weight excluding hydrogens is 108 g/mol. The van der Waals surface area contributed by atoms with Crippen LogP contribution < -0.4 is 0 Å². The van der Waals surface area contributed by atoms with Crippen molar-refractivity contribution in [3.05, 3.63) is 0 Å². The normalized spacial score (nSPS) is 40.3. The summed E-state index contributed by atoms with van der Waals surface area (Å²) in [6, 6.07) is 0.